The molecule has 0 radical (unpaired) electrons. The third-order valence-electron chi connectivity index (χ3n) is 6.37. The minimum absolute atomic E-state index is 0.0479. The minimum Gasteiger partial charge on any atom is -0.494 e. The summed E-state index contributed by atoms with van der Waals surface area (Å²) in [6.45, 7) is 14.0. The minimum atomic E-state index is -0.275. The van der Waals surface area contributed by atoms with Crippen LogP contribution in [0.3, 0.4) is 0 Å². The summed E-state index contributed by atoms with van der Waals surface area (Å²) < 4.78 is 11.5. The van der Waals surface area contributed by atoms with E-state index in [4.69, 9.17) is 14.9 Å². The molecule has 3 N–H and O–H groups in total. The standard InChI is InChI=1S/C29H40N4O4/c1-9-37-25-12-19-15-33(27(30)20(19)13-21(25)28(35)31-7)16-24(34)18-10-22(29(4,5)6)26(36-8)23(11-18)32-14-17(2)3/h10-13,17,30,32H,9,14-16H2,1-8H3,(H,31,35). The van der Waals surface area contributed by atoms with E-state index in [1.165, 1.54) is 0 Å². The molecule has 0 aliphatic carbocycles. The molecule has 1 aliphatic heterocycles. The molecule has 0 saturated carbocycles. The van der Waals surface area contributed by atoms with Crippen LogP contribution in [0, 0.1) is 11.3 Å². The van der Waals surface area contributed by atoms with Crippen molar-refractivity contribution in [1.82, 2.24) is 10.2 Å². The van der Waals surface area contributed by atoms with E-state index in [1.54, 1.807) is 31.2 Å². The molecule has 1 heterocycles. The summed E-state index contributed by atoms with van der Waals surface area (Å²) in [5, 5.41) is 14.8. The van der Waals surface area contributed by atoms with Crippen molar-refractivity contribution in [3.05, 3.63) is 52.1 Å². The van der Waals surface area contributed by atoms with Crippen molar-refractivity contribution in [3.8, 4) is 11.5 Å². The second kappa shape index (κ2) is 11.2. The van der Waals surface area contributed by atoms with E-state index in [-0.39, 0.29) is 29.5 Å². The van der Waals surface area contributed by atoms with Gasteiger partial charge in [-0.3, -0.25) is 15.0 Å². The quantitative estimate of drug-likeness (QED) is 0.397. The summed E-state index contributed by atoms with van der Waals surface area (Å²) in [5.41, 5.74) is 3.95. The fourth-order valence-electron chi connectivity index (χ4n) is 4.43. The number of Topliss-reactive ketones (excluding diaryl/α,β-unsaturated/α-hetero) is 1. The largest absolute Gasteiger partial charge is 0.494 e. The molecule has 0 saturated heterocycles. The zero-order valence-corrected chi connectivity index (χ0v) is 23.3. The van der Waals surface area contributed by atoms with Crippen LogP contribution in [-0.2, 0) is 12.0 Å². The highest BCUT2D eigenvalue weighted by Crippen LogP contribution is 2.39. The van der Waals surface area contributed by atoms with Crippen LogP contribution in [0.2, 0.25) is 0 Å². The molecule has 8 heteroatoms. The van der Waals surface area contributed by atoms with Crippen LogP contribution in [0.25, 0.3) is 0 Å². The molecule has 200 valence electrons. The zero-order valence-electron chi connectivity index (χ0n) is 23.3. The Morgan fingerprint density at radius 1 is 1.16 bits per heavy atom. The molecular weight excluding hydrogens is 468 g/mol. The molecule has 1 aliphatic rings. The number of rotatable bonds is 10. The number of ether oxygens (including phenoxy) is 2. The maximum absolute atomic E-state index is 13.6. The molecule has 0 atom stereocenters. The Balaban J connectivity index is 1.93. The van der Waals surface area contributed by atoms with Crippen molar-refractivity contribution in [1.29, 1.82) is 5.41 Å². The summed E-state index contributed by atoms with van der Waals surface area (Å²) in [7, 11) is 3.21. The van der Waals surface area contributed by atoms with Crippen LogP contribution in [0.4, 0.5) is 5.69 Å². The number of hydrogen-bond acceptors (Lipinski definition) is 6. The zero-order chi connectivity index (χ0) is 27.5. The fraction of sp³-hybridized carbons (Fsp3) is 0.483. The number of hydrogen-bond donors (Lipinski definition) is 3. The summed E-state index contributed by atoms with van der Waals surface area (Å²) in [4.78, 5) is 27.7. The average molecular weight is 509 g/mol. The second-order valence-corrected chi connectivity index (χ2v) is 10.8. The summed E-state index contributed by atoms with van der Waals surface area (Å²) in [6.07, 6.45) is 0. The molecule has 0 fully saturated rings. The number of nitrogens with zero attached hydrogens (tertiary/aromatic N) is 1. The lowest BCUT2D eigenvalue weighted by Crippen LogP contribution is -2.30. The van der Waals surface area contributed by atoms with Gasteiger partial charge in [-0.25, -0.2) is 0 Å². The highest BCUT2D eigenvalue weighted by molar-refractivity contribution is 6.08. The van der Waals surface area contributed by atoms with E-state index in [1.807, 2.05) is 19.1 Å². The average Bonchev–Trinajstić information content (AvgIpc) is 3.14. The predicted molar refractivity (Wildman–Crippen MR) is 148 cm³/mol. The first-order chi connectivity index (χ1) is 17.4. The van der Waals surface area contributed by atoms with Gasteiger partial charge in [0.05, 0.1) is 31.5 Å². The van der Waals surface area contributed by atoms with E-state index >= 15 is 0 Å². The van der Waals surface area contributed by atoms with Crippen molar-refractivity contribution in [2.24, 2.45) is 5.92 Å². The van der Waals surface area contributed by atoms with Crippen LogP contribution >= 0.6 is 0 Å². The molecule has 2 aromatic rings. The van der Waals surface area contributed by atoms with E-state index in [9.17, 15) is 9.59 Å². The number of fused-ring (bicyclic) bond motifs is 1. The van der Waals surface area contributed by atoms with Crippen molar-refractivity contribution in [3.63, 3.8) is 0 Å². The monoisotopic (exact) mass is 508 g/mol. The molecule has 3 rings (SSSR count). The third-order valence-corrected chi connectivity index (χ3v) is 6.37. The topological polar surface area (TPSA) is 104 Å². The van der Waals surface area contributed by atoms with Crippen LogP contribution in [-0.4, -0.2) is 56.3 Å². The van der Waals surface area contributed by atoms with E-state index < -0.39 is 0 Å². The number of methoxy groups -OCH3 is 1. The van der Waals surface area contributed by atoms with Crippen molar-refractivity contribution in [2.45, 2.75) is 53.5 Å². The van der Waals surface area contributed by atoms with Gasteiger partial charge in [0, 0.05) is 36.8 Å². The molecule has 0 bridgehead atoms. The lowest BCUT2D eigenvalue weighted by molar-refractivity contribution is 0.0953. The Hall–Kier alpha value is -3.55. The molecule has 8 nitrogen and oxygen atoms in total. The van der Waals surface area contributed by atoms with Gasteiger partial charge in [0.2, 0.25) is 0 Å². The SMILES string of the molecule is CCOc1cc2c(cc1C(=O)NC)C(=N)N(CC(=O)c1cc(NCC(C)C)c(OC)c(C(C)(C)C)c1)C2. The van der Waals surface area contributed by atoms with Gasteiger partial charge in [-0.05, 0) is 48.1 Å². The number of amides is 1. The van der Waals surface area contributed by atoms with Gasteiger partial charge in [-0.15, -0.1) is 0 Å². The highest BCUT2D eigenvalue weighted by atomic mass is 16.5. The third kappa shape index (κ3) is 6.06. The fourth-order valence-corrected chi connectivity index (χ4v) is 4.43. The molecule has 0 spiro atoms. The second-order valence-electron chi connectivity index (χ2n) is 10.8. The number of nitrogens with one attached hydrogen (secondary N) is 3. The molecule has 0 aromatic heterocycles. The Morgan fingerprint density at radius 3 is 2.43 bits per heavy atom. The number of anilines is 1. The molecule has 0 unspecified atom stereocenters. The number of carbonyl (C=O) groups is 2. The predicted octanol–water partition coefficient (Wildman–Crippen LogP) is 4.84. The first-order valence-electron chi connectivity index (χ1n) is 12.8. The molecule has 1 amide bonds. The van der Waals surface area contributed by atoms with E-state index in [0.717, 1.165) is 29.1 Å². The van der Waals surface area contributed by atoms with Gasteiger partial charge >= 0.3 is 0 Å². The lowest BCUT2D eigenvalue weighted by atomic mass is 9.84. The van der Waals surface area contributed by atoms with Crippen LogP contribution < -0.4 is 20.1 Å². The number of benzene rings is 2. The Bertz CT molecular complexity index is 1200. The summed E-state index contributed by atoms with van der Waals surface area (Å²) >= 11 is 0. The van der Waals surface area contributed by atoms with Gasteiger partial charge < -0.3 is 25.0 Å². The van der Waals surface area contributed by atoms with Gasteiger partial charge in [0.15, 0.2) is 5.78 Å². The first-order valence-corrected chi connectivity index (χ1v) is 12.8. The number of ketones is 1. The van der Waals surface area contributed by atoms with Crippen molar-refractivity contribution in [2.75, 3.05) is 39.2 Å². The first kappa shape index (κ1) is 28.0. The van der Waals surface area contributed by atoms with Crippen LogP contribution in [0.5, 0.6) is 11.5 Å². The maximum Gasteiger partial charge on any atom is 0.254 e. The highest BCUT2D eigenvalue weighted by Gasteiger charge is 2.30. The van der Waals surface area contributed by atoms with Gasteiger partial charge in [0.1, 0.15) is 17.3 Å². The lowest BCUT2D eigenvalue weighted by Gasteiger charge is -2.26. The Kier molecular flexibility index (Phi) is 8.51. The molecular formula is C29H40N4O4. The molecule has 37 heavy (non-hydrogen) atoms. The normalized spacial score (nSPS) is 13.0. The Labute approximate surface area is 220 Å². The van der Waals surface area contributed by atoms with Gasteiger partial charge in [0.25, 0.3) is 5.91 Å². The van der Waals surface area contributed by atoms with Crippen molar-refractivity contribution >= 4 is 23.2 Å². The number of amidine groups is 1. The molecule has 2 aromatic carbocycles. The summed E-state index contributed by atoms with van der Waals surface area (Å²) in [5.74, 6) is 1.51. The van der Waals surface area contributed by atoms with Crippen molar-refractivity contribution < 1.29 is 19.1 Å². The number of carbonyl (C=O) groups excluding carboxylic acids is 2. The smallest absolute Gasteiger partial charge is 0.254 e. The Morgan fingerprint density at radius 2 is 1.86 bits per heavy atom. The van der Waals surface area contributed by atoms with Crippen LogP contribution in [0.1, 0.15) is 78.9 Å². The van der Waals surface area contributed by atoms with E-state index in [2.05, 4.69) is 45.3 Å². The van der Waals surface area contributed by atoms with Gasteiger partial charge in [-0.2, -0.15) is 0 Å². The van der Waals surface area contributed by atoms with Crippen LogP contribution in [0.15, 0.2) is 24.3 Å². The maximum atomic E-state index is 13.6. The van der Waals surface area contributed by atoms with E-state index in [0.29, 0.717) is 41.5 Å². The van der Waals surface area contributed by atoms with Gasteiger partial charge in [-0.1, -0.05) is 34.6 Å². The summed E-state index contributed by atoms with van der Waals surface area (Å²) in [6, 6.07) is 7.25.